The highest BCUT2D eigenvalue weighted by Gasteiger charge is 2.37. The summed E-state index contributed by atoms with van der Waals surface area (Å²) in [6.45, 7) is 5.45. The van der Waals surface area contributed by atoms with Crippen molar-refractivity contribution < 1.29 is 9.53 Å². The molecular weight excluding hydrogens is 214 g/mol. The maximum atomic E-state index is 11.9. The van der Waals surface area contributed by atoms with E-state index in [2.05, 4.69) is 4.90 Å². The molecule has 1 heterocycles. The molecule has 2 aliphatic rings. The van der Waals surface area contributed by atoms with Crippen LogP contribution in [-0.4, -0.2) is 36.1 Å². The number of piperidine rings is 1. The Labute approximate surface area is 105 Å². The Kier molecular flexibility index (Phi) is 4.43. The van der Waals surface area contributed by atoms with Gasteiger partial charge in [0.25, 0.3) is 0 Å². The first-order valence-electron chi connectivity index (χ1n) is 7.16. The van der Waals surface area contributed by atoms with E-state index in [0.29, 0.717) is 12.6 Å². The fourth-order valence-electron chi connectivity index (χ4n) is 3.54. The van der Waals surface area contributed by atoms with E-state index >= 15 is 0 Å². The summed E-state index contributed by atoms with van der Waals surface area (Å²) in [6.07, 6.45) is 7.93. The highest BCUT2D eigenvalue weighted by Crippen LogP contribution is 2.36. The summed E-state index contributed by atoms with van der Waals surface area (Å²) in [5, 5.41) is 0. The molecule has 3 nitrogen and oxygen atoms in total. The molecule has 3 heteroatoms. The molecule has 0 N–H and O–H groups in total. The first kappa shape index (κ1) is 12.9. The van der Waals surface area contributed by atoms with E-state index in [9.17, 15) is 4.79 Å². The van der Waals surface area contributed by atoms with Crippen molar-refractivity contribution in [2.45, 2.75) is 64.5 Å². The van der Waals surface area contributed by atoms with E-state index in [1.54, 1.807) is 0 Å². The van der Waals surface area contributed by atoms with Crippen LogP contribution in [0.2, 0.25) is 0 Å². The van der Waals surface area contributed by atoms with Crippen LogP contribution in [0.1, 0.15) is 52.4 Å². The predicted molar refractivity (Wildman–Crippen MR) is 67.8 cm³/mol. The number of fused-ring (bicyclic) bond motifs is 1. The second-order valence-electron chi connectivity index (χ2n) is 5.42. The molecule has 1 saturated carbocycles. The molecule has 17 heavy (non-hydrogen) atoms. The van der Waals surface area contributed by atoms with E-state index in [-0.39, 0.29) is 12.0 Å². The number of nitrogens with zero attached hydrogens (tertiary/aromatic N) is 1. The van der Waals surface area contributed by atoms with E-state index in [4.69, 9.17) is 4.74 Å². The lowest BCUT2D eigenvalue weighted by atomic mass is 9.78. The predicted octanol–water partition coefficient (Wildman–Crippen LogP) is 2.59. The van der Waals surface area contributed by atoms with Crippen LogP contribution in [0, 0.1) is 5.92 Å². The van der Waals surface area contributed by atoms with Gasteiger partial charge in [-0.3, -0.25) is 9.69 Å². The third-order valence-electron chi connectivity index (χ3n) is 4.41. The van der Waals surface area contributed by atoms with E-state index in [0.717, 1.165) is 12.5 Å². The van der Waals surface area contributed by atoms with Gasteiger partial charge in [-0.05, 0) is 52.0 Å². The van der Waals surface area contributed by atoms with Crippen LogP contribution in [-0.2, 0) is 9.53 Å². The Balaban J connectivity index is 2.00. The van der Waals surface area contributed by atoms with E-state index in [1.165, 1.54) is 38.5 Å². The molecule has 0 aromatic heterocycles. The van der Waals surface area contributed by atoms with Gasteiger partial charge < -0.3 is 4.74 Å². The maximum Gasteiger partial charge on any atom is 0.323 e. The average Bonchev–Trinajstić information content (AvgIpc) is 2.37. The smallest absolute Gasteiger partial charge is 0.323 e. The molecule has 0 spiro atoms. The van der Waals surface area contributed by atoms with Gasteiger partial charge in [0.15, 0.2) is 0 Å². The van der Waals surface area contributed by atoms with Crippen LogP contribution >= 0.6 is 0 Å². The Bertz CT molecular complexity index is 265. The summed E-state index contributed by atoms with van der Waals surface area (Å²) >= 11 is 0. The number of esters is 1. The van der Waals surface area contributed by atoms with Crippen LogP contribution in [0.5, 0.6) is 0 Å². The SMILES string of the molecule is CCOC(=O)C(C)N1CCCC2CCCCC21. The highest BCUT2D eigenvalue weighted by molar-refractivity contribution is 5.75. The molecule has 2 rings (SSSR count). The number of rotatable bonds is 3. The molecule has 0 radical (unpaired) electrons. The lowest BCUT2D eigenvalue weighted by molar-refractivity contribution is -0.151. The van der Waals surface area contributed by atoms with Gasteiger partial charge in [0, 0.05) is 6.04 Å². The van der Waals surface area contributed by atoms with Gasteiger partial charge in [0.1, 0.15) is 6.04 Å². The normalized spacial score (nSPS) is 31.6. The Morgan fingerprint density at radius 3 is 2.76 bits per heavy atom. The number of carbonyl (C=O) groups excluding carboxylic acids is 1. The molecule has 98 valence electrons. The lowest BCUT2D eigenvalue weighted by Crippen LogP contribution is -2.53. The topological polar surface area (TPSA) is 29.5 Å². The summed E-state index contributed by atoms with van der Waals surface area (Å²) < 4.78 is 5.16. The minimum absolute atomic E-state index is 0.0428. The minimum Gasteiger partial charge on any atom is -0.465 e. The number of likely N-dealkylation sites (tertiary alicyclic amines) is 1. The van der Waals surface area contributed by atoms with Crippen molar-refractivity contribution in [1.82, 2.24) is 4.90 Å². The van der Waals surface area contributed by atoms with Crippen LogP contribution < -0.4 is 0 Å². The molecule has 1 aliphatic carbocycles. The van der Waals surface area contributed by atoms with Crippen molar-refractivity contribution in [1.29, 1.82) is 0 Å². The number of ether oxygens (including phenoxy) is 1. The van der Waals surface area contributed by atoms with Crippen molar-refractivity contribution in [3.8, 4) is 0 Å². The number of hydrogen-bond donors (Lipinski definition) is 0. The van der Waals surface area contributed by atoms with Gasteiger partial charge in [0.05, 0.1) is 6.61 Å². The van der Waals surface area contributed by atoms with Crippen molar-refractivity contribution in [3.05, 3.63) is 0 Å². The Morgan fingerprint density at radius 1 is 1.29 bits per heavy atom. The van der Waals surface area contributed by atoms with E-state index in [1.807, 2.05) is 13.8 Å². The van der Waals surface area contributed by atoms with Gasteiger partial charge in [-0.25, -0.2) is 0 Å². The maximum absolute atomic E-state index is 11.9. The van der Waals surface area contributed by atoms with Crippen molar-refractivity contribution in [2.75, 3.05) is 13.2 Å². The molecule has 2 fully saturated rings. The van der Waals surface area contributed by atoms with Crippen molar-refractivity contribution in [3.63, 3.8) is 0 Å². The quantitative estimate of drug-likeness (QED) is 0.709. The van der Waals surface area contributed by atoms with Crippen molar-refractivity contribution in [2.24, 2.45) is 5.92 Å². The summed E-state index contributed by atoms with van der Waals surface area (Å²) in [7, 11) is 0. The fourth-order valence-corrected chi connectivity index (χ4v) is 3.54. The second kappa shape index (κ2) is 5.85. The monoisotopic (exact) mass is 239 g/mol. The zero-order chi connectivity index (χ0) is 12.3. The molecule has 1 aliphatic heterocycles. The molecule has 0 amide bonds. The summed E-state index contributed by atoms with van der Waals surface area (Å²) in [5.74, 6) is 0.785. The Morgan fingerprint density at radius 2 is 2.00 bits per heavy atom. The molecule has 0 aromatic rings. The standard InChI is InChI=1S/C14H25NO2/c1-3-17-14(16)11(2)15-10-6-8-12-7-4-5-9-13(12)15/h11-13H,3-10H2,1-2H3. The van der Waals surface area contributed by atoms with Gasteiger partial charge in [-0.1, -0.05) is 12.8 Å². The first-order chi connectivity index (χ1) is 8.24. The third-order valence-corrected chi connectivity index (χ3v) is 4.41. The van der Waals surface area contributed by atoms with Gasteiger partial charge in [-0.2, -0.15) is 0 Å². The average molecular weight is 239 g/mol. The first-order valence-corrected chi connectivity index (χ1v) is 7.16. The van der Waals surface area contributed by atoms with Crippen LogP contribution in [0.15, 0.2) is 0 Å². The van der Waals surface area contributed by atoms with Gasteiger partial charge in [-0.15, -0.1) is 0 Å². The second-order valence-corrected chi connectivity index (χ2v) is 5.42. The van der Waals surface area contributed by atoms with Gasteiger partial charge >= 0.3 is 5.97 Å². The fraction of sp³-hybridized carbons (Fsp3) is 0.929. The van der Waals surface area contributed by atoms with Gasteiger partial charge in [0.2, 0.25) is 0 Å². The largest absolute Gasteiger partial charge is 0.465 e. The van der Waals surface area contributed by atoms with E-state index < -0.39 is 0 Å². The number of carbonyl (C=O) groups is 1. The highest BCUT2D eigenvalue weighted by atomic mass is 16.5. The summed E-state index contributed by atoms with van der Waals surface area (Å²) in [4.78, 5) is 14.3. The molecular formula is C14H25NO2. The molecule has 0 aromatic carbocycles. The lowest BCUT2D eigenvalue weighted by Gasteiger charge is -2.46. The minimum atomic E-state index is -0.0548. The Hall–Kier alpha value is -0.570. The molecule has 0 bridgehead atoms. The van der Waals surface area contributed by atoms with Crippen LogP contribution in [0.4, 0.5) is 0 Å². The molecule has 1 saturated heterocycles. The third kappa shape index (κ3) is 2.82. The molecule has 3 atom stereocenters. The van der Waals surface area contributed by atoms with Crippen LogP contribution in [0.3, 0.4) is 0 Å². The molecule has 3 unspecified atom stereocenters. The van der Waals surface area contributed by atoms with Crippen LogP contribution in [0.25, 0.3) is 0 Å². The summed E-state index contributed by atoms with van der Waals surface area (Å²) in [6, 6.07) is 0.581. The zero-order valence-corrected chi connectivity index (χ0v) is 11.2. The zero-order valence-electron chi connectivity index (χ0n) is 11.2. The summed E-state index contributed by atoms with van der Waals surface area (Å²) in [5.41, 5.74) is 0. The number of hydrogen-bond acceptors (Lipinski definition) is 3. The van der Waals surface area contributed by atoms with Crippen molar-refractivity contribution >= 4 is 5.97 Å².